The lowest BCUT2D eigenvalue weighted by molar-refractivity contribution is -0.132. The number of aromatic nitrogens is 4. The number of hydrogen-bond acceptors (Lipinski definition) is 5. The first-order chi connectivity index (χ1) is 8.34. The van der Waals surface area contributed by atoms with Crippen molar-refractivity contribution in [3.8, 4) is 5.88 Å². The molecule has 0 fully saturated rings. The Bertz CT molecular complexity index is 765. The van der Waals surface area contributed by atoms with Gasteiger partial charge in [-0.2, -0.15) is 5.10 Å². The molecule has 2 heterocycles. The van der Waals surface area contributed by atoms with E-state index >= 15 is 0 Å². The topological polar surface area (TPSA) is 88.1 Å². The number of rotatable bonds is 1. The number of aryl methyl sites for hydroxylation is 2. The first kappa shape index (κ1) is 12.1. The lowest BCUT2D eigenvalue weighted by Gasteiger charge is -2.03. The van der Waals surface area contributed by atoms with E-state index in [1.807, 2.05) is 0 Å². The summed E-state index contributed by atoms with van der Waals surface area (Å²) in [5.41, 5.74) is -0.848. The van der Waals surface area contributed by atoms with Crippen molar-refractivity contribution in [1.82, 2.24) is 18.9 Å². The first-order valence-electron chi connectivity index (χ1n) is 5.15. The summed E-state index contributed by atoms with van der Waals surface area (Å²) < 4.78 is 8.39. The Labute approximate surface area is 101 Å². The van der Waals surface area contributed by atoms with Crippen LogP contribution >= 0.6 is 0 Å². The van der Waals surface area contributed by atoms with Crippen LogP contribution in [0.2, 0.25) is 0 Å². The minimum atomic E-state index is -0.559. The van der Waals surface area contributed by atoms with E-state index in [1.54, 1.807) is 0 Å². The second-order valence-corrected chi connectivity index (χ2v) is 3.93. The zero-order chi connectivity index (χ0) is 13.6. The zero-order valence-corrected chi connectivity index (χ0v) is 10.4. The van der Waals surface area contributed by atoms with Crippen LogP contribution < -0.4 is 16.0 Å². The molecule has 2 aromatic heterocycles. The average molecular weight is 252 g/mol. The molecule has 2 aromatic rings. The molecule has 8 heteroatoms. The molecule has 0 aliphatic carbocycles. The molecule has 0 saturated heterocycles. The van der Waals surface area contributed by atoms with E-state index in [0.29, 0.717) is 0 Å². The van der Waals surface area contributed by atoms with Crippen LogP contribution in [0.4, 0.5) is 0 Å². The lowest BCUT2D eigenvalue weighted by atomic mass is 10.4. The van der Waals surface area contributed by atoms with Gasteiger partial charge in [0.2, 0.25) is 5.88 Å². The van der Waals surface area contributed by atoms with E-state index in [0.717, 1.165) is 4.57 Å². The van der Waals surface area contributed by atoms with Crippen LogP contribution in [-0.4, -0.2) is 24.9 Å². The monoisotopic (exact) mass is 252 g/mol. The van der Waals surface area contributed by atoms with Crippen molar-refractivity contribution in [2.45, 2.75) is 6.92 Å². The molecule has 0 atom stereocenters. The molecule has 0 N–H and O–H groups in total. The van der Waals surface area contributed by atoms with E-state index in [-0.39, 0.29) is 16.9 Å². The predicted molar refractivity (Wildman–Crippen MR) is 62.5 cm³/mol. The summed E-state index contributed by atoms with van der Waals surface area (Å²) in [5, 5.41) is 4.13. The van der Waals surface area contributed by atoms with Gasteiger partial charge in [0.25, 0.3) is 5.56 Å². The molecule has 0 bridgehead atoms. The molecule has 0 spiro atoms. The molecule has 18 heavy (non-hydrogen) atoms. The maximum Gasteiger partial charge on any atom is 0.332 e. The van der Waals surface area contributed by atoms with Gasteiger partial charge in [0.1, 0.15) is 5.39 Å². The summed E-state index contributed by atoms with van der Waals surface area (Å²) in [6.45, 7) is 1.23. The van der Waals surface area contributed by atoms with Crippen molar-refractivity contribution in [3.63, 3.8) is 0 Å². The Morgan fingerprint density at radius 1 is 1.17 bits per heavy atom. The molecule has 0 radical (unpaired) electrons. The molecule has 0 amide bonds. The predicted octanol–water partition coefficient (Wildman–Crippen LogP) is -1.10. The standard InChI is InChI=1S/C10H12N4O4/c1-5(15)18-9-6-7(11-14(9)4)12(2)10(17)13(3)8(6)16/h1-4H3. The Hall–Kier alpha value is -2.38. The zero-order valence-electron chi connectivity index (χ0n) is 10.4. The highest BCUT2D eigenvalue weighted by Crippen LogP contribution is 2.19. The molecule has 8 nitrogen and oxygen atoms in total. The summed E-state index contributed by atoms with van der Waals surface area (Å²) in [5.74, 6) is -0.524. The van der Waals surface area contributed by atoms with Gasteiger partial charge in [0, 0.05) is 28.1 Å². The van der Waals surface area contributed by atoms with E-state index in [9.17, 15) is 14.4 Å². The van der Waals surface area contributed by atoms with E-state index in [1.165, 1.54) is 37.3 Å². The smallest absolute Gasteiger partial charge is 0.332 e. The van der Waals surface area contributed by atoms with Gasteiger partial charge in [-0.05, 0) is 0 Å². The minimum Gasteiger partial charge on any atom is -0.407 e. The molecule has 96 valence electrons. The number of carbonyl (C=O) groups excluding carboxylic acids is 1. The summed E-state index contributed by atoms with van der Waals surface area (Å²) in [6.07, 6.45) is 0. The molecule has 0 unspecified atom stereocenters. The van der Waals surface area contributed by atoms with E-state index in [2.05, 4.69) is 5.10 Å². The van der Waals surface area contributed by atoms with Crippen LogP contribution in [0.3, 0.4) is 0 Å². The lowest BCUT2D eigenvalue weighted by Crippen LogP contribution is -2.36. The second-order valence-electron chi connectivity index (χ2n) is 3.93. The highest BCUT2D eigenvalue weighted by Gasteiger charge is 2.20. The number of nitrogens with zero attached hydrogens (tertiary/aromatic N) is 4. The molecule has 0 aliphatic heterocycles. The third kappa shape index (κ3) is 1.53. The number of ether oxygens (including phenoxy) is 1. The molecule has 0 aromatic carbocycles. The summed E-state index contributed by atoms with van der Waals surface area (Å²) in [6, 6.07) is 0. The SMILES string of the molecule is CC(=O)Oc1c2c(=O)n(C)c(=O)n(C)c2nn1C. The Kier molecular flexibility index (Phi) is 2.57. The minimum absolute atomic E-state index is 0.0358. The number of esters is 1. The van der Waals surface area contributed by atoms with Crippen LogP contribution in [0.25, 0.3) is 11.0 Å². The highest BCUT2D eigenvalue weighted by atomic mass is 16.5. The van der Waals surface area contributed by atoms with Crippen LogP contribution in [0.1, 0.15) is 6.92 Å². The maximum atomic E-state index is 12.0. The van der Waals surface area contributed by atoms with Crippen molar-refractivity contribution in [1.29, 1.82) is 0 Å². The fraction of sp³-hybridized carbons (Fsp3) is 0.400. The first-order valence-corrected chi connectivity index (χ1v) is 5.15. The van der Waals surface area contributed by atoms with Gasteiger partial charge in [0.15, 0.2) is 5.65 Å². The van der Waals surface area contributed by atoms with Gasteiger partial charge >= 0.3 is 11.7 Å². The van der Waals surface area contributed by atoms with E-state index in [4.69, 9.17) is 4.74 Å². The van der Waals surface area contributed by atoms with Crippen molar-refractivity contribution < 1.29 is 9.53 Å². The van der Waals surface area contributed by atoms with E-state index < -0.39 is 17.2 Å². The van der Waals surface area contributed by atoms with Gasteiger partial charge in [-0.25, -0.2) is 9.48 Å². The van der Waals surface area contributed by atoms with Crippen LogP contribution in [0.5, 0.6) is 5.88 Å². The third-order valence-electron chi connectivity index (χ3n) is 2.63. The largest absolute Gasteiger partial charge is 0.407 e. The molecule has 0 aliphatic rings. The second kappa shape index (κ2) is 3.83. The highest BCUT2D eigenvalue weighted by molar-refractivity contribution is 5.83. The van der Waals surface area contributed by atoms with Gasteiger partial charge in [0.05, 0.1) is 0 Å². The number of carbonyl (C=O) groups is 1. The Morgan fingerprint density at radius 2 is 1.78 bits per heavy atom. The molecular formula is C10H12N4O4. The van der Waals surface area contributed by atoms with Crippen LogP contribution in [-0.2, 0) is 25.9 Å². The molecule has 0 saturated carbocycles. The van der Waals surface area contributed by atoms with Gasteiger partial charge in [-0.15, -0.1) is 0 Å². The van der Waals surface area contributed by atoms with Gasteiger partial charge in [-0.1, -0.05) is 0 Å². The maximum absolute atomic E-state index is 12.0. The third-order valence-corrected chi connectivity index (χ3v) is 2.63. The molecule has 2 rings (SSSR count). The quantitative estimate of drug-likeness (QED) is 0.601. The van der Waals surface area contributed by atoms with Crippen molar-refractivity contribution in [2.24, 2.45) is 21.1 Å². The van der Waals surface area contributed by atoms with Gasteiger partial charge in [-0.3, -0.25) is 18.7 Å². The van der Waals surface area contributed by atoms with Crippen molar-refractivity contribution in [3.05, 3.63) is 20.8 Å². The Balaban J connectivity index is 2.99. The van der Waals surface area contributed by atoms with Crippen LogP contribution in [0.15, 0.2) is 9.59 Å². The fourth-order valence-electron chi connectivity index (χ4n) is 1.74. The fourth-order valence-corrected chi connectivity index (χ4v) is 1.74. The summed E-state index contributed by atoms with van der Waals surface area (Å²) in [4.78, 5) is 34.8. The summed E-state index contributed by atoms with van der Waals surface area (Å²) in [7, 11) is 4.38. The molecular weight excluding hydrogens is 240 g/mol. The number of hydrogen-bond donors (Lipinski definition) is 0. The number of fused-ring (bicyclic) bond motifs is 1. The van der Waals surface area contributed by atoms with Crippen LogP contribution in [0, 0.1) is 0 Å². The Morgan fingerprint density at radius 3 is 2.33 bits per heavy atom. The van der Waals surface area contributed by atoms with Crippen molar-refractivity contribution >= 4 is 17.0 Å². The summed E-state index contributed by atoms with van der Waals surface area (Å²) >= 11 is 0. The normalized spacial score (nSPS) is 10.9. The van der Waals surface area contributed by atoms with Gasteiger partial charge < -0.3 is 4.74 Å². The van der Waals surface area contributed by atoms with Crippen molar-refractivity contribution in [2.75, 3.05) is 0 Å². The average Bonchev–Trinajstić information content (AvgIpc) is 2.61.